The lowest BCUT2D eigenvalue weighted by Crippen LogP contribution is -2.45. The molecule has 0 spiro atoms. The van der Waals surface area contributed by atoms with Gasteiger partial charge in [0.15, 0.2) is 0 Å². The van der Waals surface area contributed by atoms with Gasteiger partial charge in [0.2, 0.25) is 5.91 Å². The third-order valence-electron chi connectivity index (χ3n) is 1.71. The second kappa shape index (κ2) is 3.97. The normalized spacial score (nSPS) is 21.5. The Morgan fingerprint density at radius 1 is 1.55 bits per heavy atom. The number of rotatable bonds is 1. The van der Waals surface area contributed by atoms with E-state index in [0.717, 1.165) is 24.6 Å². The van der Waals surface area contributed by atoms with Gasteiger partial charge < -0.3 is 10.6 Å². The largest absolute Gasteiger partial charge is 0.340 e. The van der Waals surface area contributed by atoms with Gasteiger partial charge >= 0.3 is 0 Å². The second-order valence-electron chi connectivity index (χ2n) is 2.73. The first-order valence-electron chi connectivity index (χ1n) is 3.84. The van der Waals surface area contributed by atoms with Gasteiger partial charge in [0, 0.05) is 24.6 Å². The van der Waals surface area contributed by atoms with Crippen molar-refractivity contribution in [1.82, 2.24) is 4.90 Å². The zero-order valence-corrected chi connectivity index (χ0v) is 7.56. The van der Waals surface area contributed by atoms with E-state index in [-0.39, 0.29) is 11.9 Å². The van der Waals surface area contributed by atoms with Crippen LogP contribution in [0.2, 0.25) is 0 Å². The fourth-order valence-electron chi connectivity index (χ4n) is 1.07. The minimum Gasteiger partial charge on any atom is -0.340 e. The fourth-order valence-corrected chi connectivity index (χ4v) is 1.97. The van der Waals surface area contributed by atoms with E-state index >= 15 is 0 Å². The second-order valence-corrected chi connectivity index (χ2v) is 3.95. The molecule has 11 heavy (non-hydrogen) atoms. The predicted octanol–water partition coefficient (Wildman–Crippen LogP) is -0.0910. The van der Waals surface area contributed by atoms with Crippen LogP contribution in [0.25, 0.3) is 0 Å². The van der Waals surface area contributed by atoms with Gasteiger partial charge in [-0.1, -0.05) is 0 Å². The van der Waals surface area contributed by atoms with Gasteiger partial charge in [-0.3, -0.25) is 4.79 Å². The highest BCUT2D eigenvalue weighted by Crippen LogP contribution is 2.09. The van der Waals surface area contributed by atoms with E-state index in [9.17, 15) is 4.79 Å². The Morgan fingerprint density at radius 3 is 2.55 bits per heavy atom. The molecule has 2 N–H and O–H groups in total. The predicted molar refractivity (Wildman–Crippen MR) is 47.6 cm³/mol. The minimum atomic E-state index is -0.335. The third-order valence-corrected chi connectivity index (χ3v) is 2.65. The first-order valence-corrected chi connectivity index (χ1v) is 4.99. The highest BCUT2D eigenvalue weighted by atomic mass is 32.2. The van der Waals surface area contributed by atoms with Crippen LogP contribution < -0.4 is 5.73 Å². The Labute approximate surface area is 71.3 Å². The van der Waals surface area contributed by atoms with Crippen molar-refractivity contribution in [3.63, 3.8) is 0 Å². The van der Waals surface area contributed by atoms with Crippen LogP contribution in [0.4, 0.5) is 0 Å². The third kappa shape index (κ3) is 2.38. The van der Waals surface area contributed by atoms with Crippen molar-refractivity contribution in [1.29, 1.82) is 0 Å². The zero-order chi connectivity index (χ0) is 8.27. The van der Waals surface area contributed by atoms with Crippen molar-refractivity contribution in [2.45, 2.75) is 13.0 Å². The van der Waals surface area contributed by atoms with Crippen molar-refractivity contribution >= 4 is 17.7 Å². The number of nitrogens with two attached hydrogens (primary N) is 1. The van der Waals surface area contributed by atoms with Crippen LogP contribution in [0.5, 0.6) is 0 Å². The lowest BCUT2D eigenvalue weighted by Gasteiger charge is -2.27. The molecule has 1 aliphatic rings. The topological polar surface area (TPSA) is 46.3 Å². The van der Waals surface area contributed by atoms with Gasteiger partial charge in [-0.2, -0.15) is 11.8 Å². The Hall–Kier alpha value is -0.220. The summed E-state index contributed by atoms with van der Waals surface area (Å²) in [6.45, 7) is 3.47. The average molecular weight is 174 g/mol. The number of carbonyl (C=O) groups excluding carboxylic acids is 1. The summed E-state index contributed by atoms with van der Waals surface area (Å²) in [6, 6.07) is -0.335. The monoisotopic (exact) mass is 174 g/mol. The molecule has 1 unspecified atom stereocenters. The molecule has 1 amide bonds. The standard InChI is InChI=1S/C7H14N2OS/c1-6(8)7(10)9-2-4-11-5-3-9/h6H,2-5,8H2,1H3. The van der Waals surface area contributed by atoms with Gasteiger partial charge in [0.25, 0.3) is 0 Å². The average Bonchev–Trinajstić information content (AvgIpc) is 2.05. The molecule has 1 atom stereocenters. The molecule has 1 fully saturated rings. The molecule has 0 aliphatic carbocycles. The molecule has 1 heterocycles. The van der Waals surface area contributed by atoms with E-state index in [1.165, 1.54) is 0 Å². The van der Waals surface area contributed by atoms with Crippen molar-refractivity contribution in [2.24, 2.45) is 5.73 Å². The molecule has 1 rings (SSSR count). The minimum absolute atomic E-state index is 0.0882. The summed E-state index contributed by atoms with van der Waals surface area (Å²) in [5.41, 5.74) is 5.47. The van der Waals surface area contributed by atoms with Crippen LogP contribution in [-0.4, -0.2) is 41.4 Å². The van der Waals surface area contributed by atoms with E-state index < -0.39 is 0 Å². The van der Waals surface area contributed by atoms with Crippen LogP contribution in [-0.2, 0) is 4.79 Å². The van der Waals surface area contributed by atoms with Crippen molar-refractivity contribution in [3.05, 3.63) is 0 Å². The molecule has 3 nitrogen and oxygen atoms in total. The molecule has 0 aromatic heterocycles. The van der Waals surface area contributed by atoms with E-state index in [2.05, 4.69) is 0 Å². The highest BCUT2D eigenvalue weighted by Gasteiger charge is 2.18. The molecule has 0 aromatic rings. The smallest absolute Gasteiger partial charge is 0.239 e. The molecular formula is C7H14N2OS. The van der Waals surface area contributed by atoms with Gasteiger partial charge in [0.1, 0.15) is 0 Å². The van der Waals surface area contributed by atoms with Gasteiger partial charge in [-0.15, -0.1) is 0 Å². The molecule has 0 saturated carbocycles. The summed E-state index contributed by atoms with van der Waals surface area (Å²) < 4.78 is 0. The van der Waals surface area contributed by atoms with Crippen LogP contribution in [0.1, 0.15) is 6.92 Å². The molecule has 1 saturated heterocycles. The Kier molecular flexibility index (Phi) is 3.20. The van der Waals surface area contributed by atoms with Crippen molar-refractivity contribution in [2.75, 3.05) is 24.6 Å². The van der Waals surface area contributed by atoms with Crippen LogP contribution in [0.3, 0.4) is 0 Å². The first-order chi connectivity index (χ1) is 5.22. The van der Waals surface area contributed by atoms with Gasteiger partial charge in [0.05, 0.1) is 6.04 Å². The van der Waals surface area contributed by atoms with E-state index in [0.29, 0.717) is 0 Å². The first kappa shape index (κ1) is 8.87. The summed E-state index contributed by atoms with van der Waals surface area (Å²) in [4.78, 5) is 13.1. The van der Waals surface area contributed by atoms with Crippen LogP contribution in [0, 0.1) is 0 Å². The Bertz CT molecular complexity index is 143. The number of hydrogen-bond donors (Lipinski definition) is 1. The number of amides is 1. The quantitative estimate of drug-likeness (QED) is 0.604. The van der Waals surface area contributed by atoms with E-state index in [1.54, 1.807) is 6.92 Å². The van der Waals surface area contributed by atoms with E-state index in [4.69, 9.17) is 5.73 Å². The molecule has 0 aromatic carbocycles. The summed E-state index contributed by atoms with van der Waals surface area (Å²) in [5, 5.41) is 0. The van der Waals surface area contributed by atoms with Crippen LogP contribution in [0.15, 0.2) is 0 Å². The lowest BCUT2D eigenvalue weighted by molar-refractivity contribution is -0.131. The summed E-state index contributed by atoms with van der Waals surface area (Å²) >= 11 is 1.89. The summed E-state index contributed by atoms with van der Waals surface area (Å²) in [7, 11) is 0. The summed E-state index contributed by atoms with van der Waals surface area (Å²) in [6.07, 6.45) is 0. The molecule has 1 aliphatic heterocycles. The maximum Gasteiger partial charge on any atom is 0.239 e. The van der Waals surface area contributed by atoms with Gasteiger partial charge in [-0.05, 0) is 6.92 Å². The molecule has 0 bridgehead atoms. The number of carbonyl (C=O) groups is 1. The van der Waals surface area contributed by atoms with Gasteiger partial charge in [-0.25, -0.2) is 0 Å². The fraction of sp³-hybridized carbons (Fsp3) is 0.857. The van der Waals surface area contributed by atoms with Crippen molar-refractivity contribution in [3.8, 4) is 0 Å². The molecular weight excluding hydrogens is 160 g/mol. The number of hydrogen-bond acceptors (Lipinski definition) is 3. The maximum atomic E-state index is 11.3. The molecule has 0 radical (unpaired) electrons. The number of thioether (sulfide) groups is 1. The molecule has 64 valence electrons. The SMILES string of the molecule is CC(N)C(=O)N1CCSCC1. The maximum absolute atomic E-state index is 11.3. The summed E-state index contributed by atoms with van der Waals surface area (Å²) in [5.74, 6) is 2.20. The van der Waals surface area contributed by atoms with Crippen molar-refractivity contribution < 1.29 is 4.79 Å². The molecule has 4 heteroatoms. The highest BCUT2D eigenvalue weighted by molar-refractivity contribution is 7.99. The van der Waals surface area contributed by atoms with Crippen LogP contribution >= 0.6 is 11.8 Å². The van der Waals surface area contributed by atoms with E-state index in [1.807, 2.05) is 16.7 Å². The lowest BCUT2D eigenvalue weighted by atomic mass is 10.3. The Morgan fingerprint density at radius 2 is 2.09 bits per heavy atom. The number of nitrogens with zero attached hydrogens (tertiary/aromatic N) is 1. The zero-order valence-electron chi connectivity index (χ0n) is 6.75. The Balaban J connectivity index is 2.39.